The van der Waals surface area contributed by atoms with E-state index in [1.54, 1.807) is 12.0 Å². The van der Waals surface area contributed by atoms with Crippen LogP contribution in [0.2, 0.25) is 0 Å². The first kappa shape index (κ1) is 52.4. The molecule has 6 aromatic carbocycles. The summed E-state index contributed by atoms with van der Waals surface area (Å²) >= 11 is 1.30. The molecule has 1 atom stereocenters. The molecule has 4 fully saturated rings. The van der Waals surface area contributed by atoms with Gasteiger partial charge in [0.25, 0.3) is 0 Å². The number of hydrogen-bond donors (Lipinski definition) is 0. The average Bonchev–Trinajstić information content (AvgIpc) is 3.88. The summed E-state index contributed by atoms with van der Waals surface area (Å²) < 4.78 is 3.34. The number of rotatable bonds is 3. The molecule has 6 aliphatic carbocycles. The summed E-state index contributed by atoms with van der Waals surface area (Å²) in [6.07, 6.45) is 16.9. The molecule has 340 valence electrons. The first-order chi connectivity index (χ1) is 29.8. The molecule has 12 rings (SSSR count). The van der Waals surface area contributed by atoms with Crippen molar-refractivity contribution in [3.63, 3.8) is 0 Å². The molecule has 6 aromatic rings. The van der Waals surface area contributed by atoms with Gasteiger partial charge in [0.1, 0.15) is 0 Å². The molecule has 0 nitrogen and oxygen atoms in total. The molecule has 6 aliphatic rings. The van der Waals surface area contributed by atoms with Crippen molar-refractivity contribution in [2.75, 3.05) is 0 Å². The molecule has 0 aromatic heterocycles. The van der Waals surface area contributed by atoms with Gasteiger partial charge < -0.3 is 7.43 Å². The zero-order valence-corrected chi connectivity index (χ0v) is 44.4. The number of hydrogen-bond acceptors (Lipinski definition) is 0. The first-order valence-corrected chi connectivity index (χ1v) is 24.9. The summed E-state index contributed by atoms with van der Waals surface area (Å²) in [7, 11) is 0. The molecule has 0 radical (unpaired) electrons. The van der Waals surface area contributed by atoms with Crippen LogP contribution in [0.3, 0.4) is 0 Å². The summed E-state index contributed by atoms with van der Waals surface area (Å²) in [5, 5.41) is 2.53. The topological polar surface area (TPSA) is 0 Å². The van der Waals surface area contributed by atoms with Gasteiger partial charge in [-0.3, -0.25) is 6.08 Å². The number of halogens is 2. The quantitative estimate of drug-likeness (QED) is 0.155. The van der Waals surface area contributed by atoms with Crippen LogP contribution in [0.15, 0.2) is 139 Å². The van der Waals surface area contributed by atoms with Gasteiger partial charge in [-0.1, -0.05) is 174 Å². The van der Waals surface area contributed by atoms with E-state index in [0.717, 1.165) is 30.1 Å². The molecule has 0 saturated heterocycles. The van der Waals surface area contributed by atoms with Crippen molar-refractivity contribution in [3.05, 3.63) is 187 Å². The summed E-state index contributed by atoms with van der Waals surface area (Å²) in [6, 6.07) is 50.1. The van der Waals surface area contributed by atoms with E-state index in [1.807, 2.05) is 24.3 Å². The Balaban J connectivity index is 0.000000206. The molecule has 0 amide bonds. The van der Waals surface area contributed by atoms with Gasteiger partial charge in [-0.2, -0.15) is 35.9 Å². The molecule has 4 bridgehead atoms. The Morgan fingerprint density at radius 2 is 1.17 bits per heavy atom. The van der Waals surface area contributed by atoms with E-state index in [4.69, 9.17) is 0 Å². The van der Waals surface area contributed by atoms with E-state index < -0.39 is 0 Å². The van der Waals surface area contributed by atoms with Gasteiger partial charge in [-0.05, 0) is 95.3 Å². The van der Waals surface area contributed by atoms with Crippen LogP contribution in [0.4, 0.5) is 0 Å². The zero-order valence-electron chi connectivity index (χ0n) is 40.4. The number of benzene rings is 6. The van der Waals surface area contributed by atoms with Crippen LogP contribution in [-0.2, 0) is 41.5 Å². The Hall–Kier alpha value is -3.61. The van der Waals surface area contributed by atoms with Crippen LogP contribution in [0.5, 0.6) is 0 Å². The third kappa shape index (κ3) is 10.9. The smallest absolute Gasteiger partial charge is 0.0648 e. The Morgan fingerprint density at radius 3 is 1.71 bits per heavy atom. The number of fused-ring (bicyclic) bond motifs is 4. The first-order valence-electron chi connectivity index (χ1n) is 23.2. The second-order valence-corrected chi connectivity index (χ2v) is 21.0. The molecule has 1 unspecified atom stereocenters. The summed E-state index contributed by atoms with van der Waals surface area (Å²) in [4.78, 5) is 0. The Labute approximate surface area is 421 Å². The summed E-state index contributed by atoms with van der Waals surface area (Å²) in [5.41, 5.74) is 15.6. The molecule has 0 aliphatic heterocycles. The van der Waals surface area contributed by atoms with E-state index >= 15 is 0 Å². The fourth-order valence-electron chi connectivity index (χ4n) is 11.7. The normalized spacial score (nSPS) is 22.7. The minimum absolute atomic E-state index is 0. The van der Waals surface area contributed by atoms with Gasteiger partial charge in [0.05, 0.1) is 0 Å². The second kappa shape index (κ2) is 21.6. The van der Waals surface area contributed by atoms with Crippen LogP contribution in [0, 0.1) is 60.6 Å². The summed E-state index contributed by atoms with van der Waals surface area (Å²) in [6.45, 7) is 18.7. The van der Waals surface area contributed by atoms with Gasteiger partial charge >= 0.3 is 28.4 Å². The van der Waals surface area contributed by atoms with Crippen LogP contribution in [0.1, 0.15) is 110 Å². The van der Waals surface area contributed by atoms with E-state index in [-0.39, 0.29) is 43.1 Å². The second-order valence-electron chi connectivity index (χ2n) is 21.0. The molecule has 0 N–H and O–H groups in total. The molecule has 4 saturated carbocycles. The third-order valence-electron chi connectivity index (χ3n) is 14.8. The van der Waals surface area contributed by atoms with Crippen molar-refractivity contribution >= 4 is 39.8 Å². The van der Waals surface area contributed by atoms with Gasteiger partial charge in [-0.15, -0.1) is 70.5 Å². The van der Waals surface area contributed by atoms with Crippen molar-refractivity contribution in [1.29, 1.82) is 0 Å². The van der Waals surface area contributed by atoms with E-state index in [1.165, 1.54) is 116 Å². The van der Waals surface area contributed by atoms with Crippen LogP contribution < -0.4 is 0 Å². The van der Waals surface area contributed by atoms with E-state index in [2.05, 4.69) is 187 Å². The monoisotopic (exact) mass is 974 g/mol. The average molecular weight is 977 g/mol. The van der Waals surface area contributed by atoms with Crippen molar-refractivity contribution < 1.29 is 24.2 Å². The van der Waals surface area contributed by atoms with E-state index in [0.29, 0.717) is 11.3 Å². The Bertz CT molecular complexity index is 2390. The Morgan fingerprint density at radius 1 is 0.631 bits per heavy atom. The predicted molar refractivity (Wildman–Crippen MR) is 283 cm³/mol. The fourth-order valence-corrected chi connectivity index (χ4v) is 11.7. The predicted octanol–water partition coefficient (Wildman–Crippen LogP) is 17.3. The fraction of sp³-hybridized carbons (Fsp3) is 0.355. The van der Waals surface area contributed by atoms with Gasteiger partial charge in [-0.25, -0.2) is 6.08 Å². The molecular weight excluding hydrogens is 907 g/mol. The van der Waals surface area contributed by atoms with Crippen molar-refractivity contribution in [3.8, 4) is 33.4 Å². The molecule has 0 heterocycles. The molecule has 65 heavy (non-hydrogen) atoms. The Kier molecular flexibility index (Phi) is 17.4. The maximum atomic E-state index is 3.88. The van der Waals surface area contributed by atoms with E-state index in [9.17, 15) is 0 Å². The minimum atomic E-state index is 0. The zero-order chi connectivity index (χ0) is 43.8. The van der Waals surface area contributed by atoms with Crippen LogP contribution in [-0.4, -0.2) is 4.21 Å². The van der Waals surface area contributed by atoms with Crippen molar-refractivity contribution in [2.24, 2.45) is 35.0 Å². The maximum Gasteiger partial charge on any atom is -0.0648 e. The molecule has 3 heteroatoms. The molecule has 0 spiro atoms. The largest absolute Gasteiger partial charge is 0.358 e. The van der Waals surface area contributed by atoms with Crippen molar-refractivity contribution in [2.45, 2.75) is 105 Å². The SMILES string of the molecule is CC(C)(C)c1cc2c([c-]c1-c1ccccc1)Cc1cc(-c3ccccc3)c(C(C)(C)C)cc1-2.CC1[C-]=CC(C2(C)C3CC4CC(C3)CC2C4)=C1.Cl.Cl.[CH2]=[Zr].[CH3-].[c-]1ccc2ccccc2c1. The third-order valence-corrected chi connectivity index (χ3v) is 14.8. The minimum Gasteiger partial charge on any atom is -0.358 e. The summed E-state index contributed by atoms with van der Waals surface area (Å²) in [5.74, 6) is 4.68. The number of allylic oxidation sites excluding steroid dienone is 4. The molecular formula is C62H70Cl2Zr-4. The van der Waals surface area contributed by atoms with Crippen LogP contribution >= 0.6 is 24.8 Å². The standard InChI is InChI=1S/C33H33.C17H23.C10H7.CH3.CH2.2ClH.Zr/c1-32(2,3)30-20-26-24(18-28(30)22-13-9-7-10-14-22)17-25-19-29(23-15-11-8-12-16-23)31(21-27(25)26)33(4,5)6;1-11-3-4-14(5-11)17(2)15-7-12-6-13(9-15)10-16(17)8-12;1-2-6-10-8-4-3-7-9(10)5-1;;;;;/h7-16,18,20-21H,17H2,1-6H3;4-5,11-13,15-16H,6-10H2,1-2H3;1-3,5-8H;1H3;1H2;2*1H;/q4*-1;;;;. The van der Waals surface area contributed by atoms with Crippen molar-refractivity contribution in [1.82, 2.24) is 0 Å². The van der Waals surface area contributed by atoms with Crippen LogP contribution in [0.25, 0.3) is 44.2 Å². The van der Waals surface area contributed by atoms with Gasteiger partial charge in [0.2, 0.25) is 0 Å². The van der Waals surface area contributed by atoms with Gasteiger partial charge in [0.15, 0.2) is 0 Å². The maximum absolute atomic E-state index is 3.88. The van der Waals surface area contributed by atoms with Gasteiger partial charge in [0, 0.05) is 0 Å².